The first kappa shape index (κ1) is 21.4. The molecule has 0 saturated carbocycles. The van der Waals surface area contributed by atoms with Crippen molar-refractivity contribution in [3.63, 3.8) is 0 Å². The SMILES string of the molecule is CC(C)[C@H](NC(=O)c1ccccc1SCC(=O)N1CCCC1)c1nc2ccccc2[nH]1. The molecule has 0 aliphatic carbocycles. The summed E-state index contributed by atoms with van der Waals surface area (Å²) in [5, 5.41) is 3.15. The summed E-state index contributed by atoms with van der Waals surface area (Å²) in [4.78, 5) is 36.4. The van der Waals surface area contributed by atoms with Crippen LogP contribution in [-0.2, 0) is 4.79 Å². The standard InChI is InChI=1S/C24H28N4O2S/c1-16(2)22(23-25-18-10-4-5-11-19(18)26-23)27-24(30)17-9-3-6-12-20(17)31-15-21(29)28-13-7-8-14-28/h3-6,9-12,16,22H,7-8,13-15H2,1-2H3,(H,25,26)(H,27,30)/t22-/m0/s1. The number of carbonyl (C=O) groups is 2. The van der Waals surface area contributed by atoms with Gasteiger partial charge in [0, 0.05) is 18.0 Å². The van der Waals surface area contributed by atoms with Gasteiger partial charge in [-0.05, 0) is 43.0 Å². The second-order valence-corrected chi connectivity index (χ2v) is 9.22. The van der Waals surface area contributed by atoms with Crippen molar-refractivity contribution in [1.82, 2.24) is 20.2 Å². The van der Waals surface area contributed by atoms with E-state index in [0.29, 0.717) is 11.3 Å². The lowest BCUT2D eigenvalue weighted by atomic mass is 10.0. The predicted octanol–water partition coefficient (Wildman–Crippen LogP) is 4.40. The zero-order valence-corrected chi connectivity index (χ0v) is 18.7. The summed E-state index contributed by atoms with van der Waals surface area (Å²) < 4.78 is 0. The Labute approximate surface area is 186 Å². The average Bonchev–Trinajstić information content (AvgIpc) is 3.45. The fourth-order valence-electron chi connectivity index (χ4n) is 3.87. The number of hydrogen-bond acceptors (Lipinski definition) is 4. The minimum absolute atomic E-state index is 0.139. The summed E-state index contributed by atoms with van der Waals surface area (Å²) in [6.45, 7) is 5.81. The number of benzene rings is 2. The molecule has 2 heterocycles. The van der Waals surface area contributed by atoms with Gasteiger partial charge in [-0.2, -0.15) is 0 Å². The second-order valence-electron chi connectivity index (χ2n) is 8.21. The van der Waals surface area contributed by atoms with Gasteiger partial charge in [-0.3, -0.25) is 9.59 Å². The van der Waals surface area contributed by atoms with E-state index < -0.39 is 0 Å². The van der Waals surface area contributed by atoms with Crippen molar-refractivity contribution < 1.29 is 9.59 Å². The van der Waals surface area contributed by atoms with Crippen LogP contribution in [0.4, 0.5) is 0 Å². The van der Waals surface area contributed by atoms with E-state index in [2.05, 4.69) is 29.1 Å². The van der Waals surface area contributed by atoms with Crippen LogP contribution in [0.25, 0.3) is 11.0 Å². The molecule has 1 aliphatic heterocycles. The Kier molecular flexibility index (Phi) is 6.61. The minimum Gasteiger partial charge on any atom is -0.342 e. The van der Waals surface area contributed by atoms with Crippen LogP contribution in [0.1, 0.15) is 48.9 Å². The van der Waals surface area contributed by atoms with E-state index in [-0.39, 0.29) is 23.8 Å². The molecule has 1 fully saturated rings. The maximum atomic E-state index is 13.2. The zero-order chi connectivity index (χ0) is 21.8. The first-order valence-corrected chi connectivity index (χ1v) is 11.8. The van der Waals surface area contributed by atoms with E-state index in [0.717, 1.165) is 47.7 Å². The molecule has 7 heteroatoms. The Morgan fingerprint density at radius 1 is 1.10 bits per heavy atom. The molecule has 2 N–H and O–H groups in total. The fraction of sp³-hybridized carbons (Fsp3) is 0.375. The Balaban J connectivity index is 1.49. The molecule has 1 aliphatic rings. The van der Waals surface area contributed by atoms with Gasteiger partial charge in [0.1, 0.15) is 5.82 Å². The van der Waals surface area contributed by atoms with Gasteiger partial charge in [0.15, 0.2) is 0 Å². The van der Waals surface area contributed by atoms with Gasteiger partial charge >= 0.3 is 0 Å². The van der Waals surface area contributed by atoms with Gasteiger partial charge in [-0.1, -0.05) is 38.1 Å². The molecule has 1 aromatic heterocycles. The van der Waals surface area contributed by atoms with Gasteiger partial charge in [0.05, 0.1) is 28.4 Å². The molecule has 2 aromatic carbocycles. The number of rotatable bonds is 7. The highest BCUT2D eigenvalue weighted by Gasteiger charge is 2.24. The lowest BCUT2D eigenvalue weighted by molar-refractivity contribution is -0.127. The molecule has 0 radical (unpaired) electrons. The van der Waals surface area contributed by atoms with Crippen LogP contribution in [0.3, 0.4) is 0 Å². The molecular weight excluding hydrogens is 408 g/mol. The van der Waals surface area contributed by atoms with Crippen LogP contribution >= 0.6 is 11.8 Å². The second kappa shape index (κ2) is 9.56. The molecule has 4 rings (SSSR count). The van der Waals surface area contributed by atoms with Crippen molar-refractivity contribution in [3.8, 4) is 0 Å². The van der Waals surface area contributed by atoms with E-state index in [1.807, 2.05) is 53.4 Å². The molecule has 162 valence electrons. The van der Waals surface area contributed by atoms with Gasteiger partial charge in [0.2, 0.25) is 5.91 Å². The number of nitrogens with zero attached hydrogens (tertiary/aromatic N) is 2. The number of likely N-dealkylation sites (tertiary alicyclic amines) is 1. The summed E-state index contributed by atoms with van der Waals surface area (Å²) in [5.74, 6) is 1.23. The molecule has 0 spiro atoms. The summed E-state index contributed by atoms with van der Waals surface area (Å²) in [5.41, 5.74) is 2.42. The zero-order valence-electron chi connectivity index (χ0n) is 17.9. The van der Waals surface area contributed by atoms with Crippen molar-refractivity contribution >= 4 is 34.6 Å². The molecule has 3 aromatic rings. The van der Waals surface area contributed by atoms with Gasteiger partial charge in [0.25, 0.3) is 5.91 Å². The number of thioether (sulfide) groups is 1. The maximum Gasteiger partial charge on any atom is 0.253 e. The minimum atomic E-state index is -0.246. The summed E-state index contributed by atoms with van der Waals surface area (Å²) >= 11 is 1.43. The smallest absolute Gasteiger partial charge is 0.253 e. The van der Waals surface area contributed by atoms with E-state index in [1.165, 1.54) is 11.8 Å². The van der Waals surface area contributed by atoms with Gasteiger partial charge < -0.3 is 15.2 Å². The molecule has 31 heavy (non-hydrogen) atoms. The van der Waals surface area contributed by atoms with Crippen LogP contribution in [0.2, 0.25) is 0 Å². The third-order valence-corrected chi connectivity index (χ3v) is 6.66. The van der Waals surface area contributed by atoms with E-state index in [1.54, 1.807) is 0 Å². The van der Waals surface area contributed by atoms with Crippen LogP contribution < -0.4 is 5.32 Å². The molecule has 1 saturated heterocycles. The first-order chi connectivity index (χ1) is 15.0. The highest BCUT2D eigenvalue weighted by atomic mass is 32.2. The van der Waals surface area contributed by atoms with Crippen molar-refractivity contribution in [2.75, 3.05) is 18.8 Å². The van der Waals surface area contributed by atoms with Gasteiger partial charge in [-0.15, -0.1) is 11.8 Å². The van der Waals surface area contributed by atoms with Crippen molar-refractivity contribution in [2.45, 2.75) is 37.6 Å². The summed E-state index contributed by atoms with van der Waals surface area (Å²) in [6.07, 6.45) is 2.15. The molecule has 0 unspecified atom stereocenters. The largest absolute Gasteiger partial charge is 0.342 e. The number of hydrogen-bond donors (Lipinski definition) is 2. The number of carbonyl (C=O) groups excluding carboxylic acids is 2. The number of aromatic amines is 1. The molecule has 6 nitrogen and oxygen atoms in total. The van der Waals surface area contributed by atoms with E-state index >= 15 is 0 Å². The lowest BCUT2D eigenvalue weighted by Gasteiger charge is -2.21. The van der Waals surface area contributed by atoms with Crippen LogP contribution in [0.5, 0.6) is 0 Å². The summed E-state index contributed by atoms with van der Waals surface area (Å²) in [7, 11) is 0. The first-order valence-electron chi connectivity index (χ1n) is 10.8. The number of imidazole rings is 1. The average molecular weight is 437 g/mol. The number of nitrogens with one attached hydrogen (secondary N) is 2. The quantitative estimate of drug-likeness (QED) is 0.538. The maximum absolute atomic E-state index is 13.2. The molecule has 2 amide bonds. The fourth-order valence-corrected chi connectivity index (χ4v) is 4.82. The molecular formula is C24H28N4O2S. The highest BCUT2D eigenvalue weighted by molar-refractivity contribution is 8.00. The normalized spacial score (nSPS) is 14.9. The predicted molar refractivity (Wildman–Crippen MR) is 124 cm³/mol. The monoisotopic (exact) mass is 436 g/mol. The van der Waals surface area contributed by atoms with E-state index in [4.69, 9.17) is 0 Å². The number of aromatic nitrogens is 2. The number of para-hydroxylation sites is 2. The highest BCUT2D eigenvalue weighted by Crippen LogP contribution is 2.26. The van der Waals surface area contributed by atoms with Crippen LogP contribution in [-0.4, -0.2) is 45.5 Å². The molecule has 1 atom stereocenters. The van der Waals surface area contributed by atoms with Crippen molar-refractivity contribution in [2.24, 2.45) is 5.92 Å². The number of amides is 2. The van der Waals surface area contributed by atoms with Crippen LogP contribution in [0.15, 0.2) is 53.4 Å². The Morgan fingerprint density at radius 3 is 2.55 bits per heavy atom. The Bertz CT molecular complexity index is 1040. The van der Waals surface area contributed by atoms with Crippen molar-refractivity contribution in [1.29, 1.82) is 0 Å². The Hall–Kier alpha value is -2.80. The van der Waals surface area contributed by atoms with Crippen LogP contribution in [0, 0.1) is 5.92 Å². The number of fused-ring (bicyclic) bond motifs is 1. The number of H-pyrrole nitrogens is 1. The topological polar surface area (TPSA) is 78.1 Å². The third-order valence-electron chi connectivity index (χ3n) is 5.60. The third kappa shape index (κ3) is 4.93. The Morgan fingerprint density at radius 2 is 1.81 bits per heavy atom. The lowest BCUT2D eigenvalue weighted by Crippen LogP contribution is -2.33. The molecule has 0 bridgehead atoms. The van der Waals surface area contributed by atoms with E-state index in [9.17, 15) is 9.59 Å². The van der Waals surface area contributed by atoms with Gasteiger partial charge in [-0.25, -0.2) is 4.98 Å². The summed E-state index contributed by atoms with van der Waals surface area (Å²) in [6, 6.07) is 15.1. The van der Waals surface area contributed by atoms with Crippen molar-refractivity contribution in [3.05, 3.63) is 59.9 Å².